The zero-order chi connectivity index (χ0) is 12.0. The summed E-state index contributed by atoms with van der Waals surface area (Å²) in [5, 5.41) is 0. The Morgan fingerprint density at radius 1 is 1.44 bits per heavy atom. The van der Waals surface area contributed by atoms with Crippen molar-refractivity contribution in [3.63, 3.8) is 0 Å². The standard InChI is InChI=1S/C15H21N/c1-5-7-12(3)10-13-8-9-15(16-4)14(6-2)11-13/h6,8-9,11-12H,2,4-5,7,10H2,1,3H3. The molecule has 1 heteroatoms. The van der Waals surface area contributed by atoms with Crippen LogP contribution in [0.5, 0.6) is 0 Å². The van der Waals surface area contributed by atoms with Crippen molar-refractivity contribution in [2.24, 2.45) is 10.9 Å². The third-order valence-electron chi connectivity index (χ3n) is 2.85. The zero-order valence-electron chi connectivity index (χ0n) is 10.4. The van der Waals surface area contributed by atoms with Crippen LogP contribution in [0.2, 0.25) is 0 Å². The van der Waals surface area contributed by atoms with E-state index >= 15 is 0 Å². The molecule has 0 amide bonds. The number of rotatable bonds is 6. The lowest BCUT2D eigenvalue weighted by Gasteiger charge is -2.11. The monoisotopic (exact) mass is 215 g/mol. The highest BCUT2D eigenvalue weighted by atomic mass is 14.7. The predicted molar refractivity (Wildman–Crippen MR) is 73.5 cm³/mol. The molecule has 0 aromatic heterocycles. The Morgan fingerprint density at radius 2 is 2.19 bits per heavy atom. The Hall–Kier alpha value is -1.37. The first-order valence-electron chi connectivity index (χ1n) is 5.93. The molecule has 0 fully saturated rings. The van der Waals surface area contributed by atoms with E-state index in [-0.39, 0.29) is 0 Å². The van der Waals surface area contributed by atoms with Crippen molar-refractivity contribution in [2.45, 2.75) is 33.1 Å². The van der Waals surface area contributed by atoms with Gasteiger partial charge in [0.2, 0.25) is 0 Å². The van der Waals surface area contributed by atoms with Gasteiger partial charge in [0, 0.05) is 0 Å². The molecule has 0 heterocycles. The van der Waals surface area contributed by atoms with Gasteiger partial charge in [0.1, 0.15) is 0 Å². The van der Waals surface area contributed by atoms with Crippen LogP contribution < -0.4 is 0 Å². The van der Waals surface area contributed by atoms with Crippen LogP contribution in [0, 0.1) is 5.92 Å². The molecule has 16 heavy (non-hydrogen) atoms. The molecule has 0 saturated heterocycles. The van der Waals surface area contributed by atoms with E-state index in [1.54, 1.807) is 0 Å². The van der Waals surface area contributed by atoms with E-state index in [4.69, 9.17) is 0 Å². The fourth-order valence-electron chi connectivity index (χ4n) is 2.04. The van der Waals surface area contributed by atoms with Crippen LogP contribution in [-0.2, 0) is 6.42 Å². The van der Waals surface area contributed by atoms with Gasteiger partial charge in [-0.15, -0.1) is 0 Å². The van der Waals surface area contributed by atoms with Gasteiger partial charge in [0.15, 0.2) is 0 Å². The summed E-state index contributed by atoms with van der Waals surface area (Å²) in [6.07, 6.45) is 5.51. The van der Waals surface area contributed by atoms with Gasteiger partial charge in [-0.2, -0.15) is 0 Å². The van der Waals surface area contributed by atoms with Crippen molar-refractivity contribution in [3.8, 4) is 0 Å². The highest BCUT2D eigenvalue weighted by Gasteiger charge is 2.04. The minimum Gasteiger partial charge on any atom is -0.264 e. The van der Waals surface area contributed by atoms with Gasteiger partial charge in [-0.05, 0) is 42.3 Å². The summed E-state index contributed by atoms with van der Waals surface area (Å²) in [6.45, 7) is 11.9. The molecule has 1 unspecified atom stereocenters. The molecular formula is C15H21N. The van der Waals surface area contributed by atoms with Gasteiger partial charge < -0.3 is 0 Å². The molecule has 0 aliphatic carbocycles. The van der Waals surface area contributed by atoms with Crippen LogP contribution >= 0.6 is 0 Å². The number of nitrogens with zero attached hydrogens (tertiary/aromatic N) is 1. The third kappa shape index (κ3) is 3.34. The quantitative estimate of drug-likeness (QED) is 0.613. The van der Waals surface area contributed by atoms with Crippen LogP contribution in [0.3, 0.4) is 0 Å². The predicted octanol–water partition coefficient (Wildman–Crippen LogP) is 4.64. The highest BCUT2D eigenvalue weighted by Crippen LogP contribution is 2.23. The molecule has 86 valence electrons. The van der Waals surface area contributed by atoms with Crippen LogP contribution in [0.1, 0.15) is 37.8 Å². The summed E-state index contributed by atoms with van der Waals surface area (Å²) < 4.78 is 0. The maximum absolute atomic E-state index is 3.98. The van der Waals surface area contributed by atoms with E-state index < -0.39 is 0 Å². The van der Waals surface area contributed by atoms with Crippen molar-refractivity contribution in [3.05, 3.63) is 35.9 Å². The fourth-order valence-corrected chi connectivity index (χ4v) is 2.04. The molecule has 1 aromatic rings. The first-order valence-corrected chi connectivity index (χ1v) is 5.93. The molecule has 1 atom stereocenters. The molecule has 0 spiro atoms. The smallest absolute Gasteiger partial charge is 0.0694 e. The SMILES string of the molecule is C=Cc1cc(CC(C)CCC)ccc1N=C. The maximum Gasteiger partial charge on any atom is 0.0694 e. The Kier molecular flexibility index (Phi) is 4.97. The van der Waals surface area contributed by atoms with Crippen molar-refractivity contribution < 1.29 is 0 Å². The Balaban J connectivity index is 2.82. The molecule has 0 radical (unpaired) electrons. The second-order valence-electron chi connectivity index (χ2n) is 4.35. The number of hydrogen-bond donors (Lipinski definition) is 0. The van der Waals surface area contributed by atoms with Crippen molar-refractivity contribution >= 4 is 18.5 Å². The van der Waals surface area contributed by atoms with E-state index in [0.29, 0.717) is 0 Å². The van der Waals surface area contributed by atoms with Gasteiger partial charge in [0.05, 0.1) is 5.69 Å². The summed E-state index contributed by atoms with van der Waals surface area (Å²) in [5.74, 6) is 0.741. The third-order valence-corrected chi connectivity index (χ3v) is 2.85. The lowest BCUT2D eigenvalue weighted by Crippen LogP contribution is -1.99. The number of hydrogen-bond acceptors (Lipinski definition) is 1. The van der Waals surface area contributed by atoms with Crippen molar-refractivity contribution in [2.75, 3.05) is 0 Å². The molecule has 1 rings (SSSR count). The van der Waals surface area contributed by atoms with Crippen LogP contribution in [0.15, 0.2) is 29.8 Å². The van der Waals surface area contributed by atoms with E-state index in [0.717, 1.165) is 23.6 Å². The lowest BCUT2D eigenvalue weighted by atomic mass is 9.95. The average Bonchev–Trinajstić information content (AvgIpc) is 2.29. The van der Waals surface area contributed by atoms with E-state index in [2.05, 4.69) is 44.3 Å². The molecule has 0 aliphatic heterocycles. The summed E-state index contributed by atoms with van der Waals surface area (Å²) in [6, 6.07) is 6.34. The van der Waals surface area contributed by atoms with E-state index in [1.165, 1.54) is 18.4 Å². The maximum atomic E-state index is 3.98. The molecule has 1 aromatic carbocycles. The molecule has 0 N–H and O–H groups in total. The van der Waals surface area contributed by atoms with Crippen LogP contribution in [-0.4, -0.2) is 6.72 Å². The second-order valence-corrected chi connectivity index (χ2v) is 4.35. The minimum absolute atomic E-state index is 0.741. The van der Waals surface area contributed by atoms with E-state index in [9.17, 15) is 0 Å². The van der Waals surface area contributed by atoms with E-state index in [1.807, 2.05) is 12.1 Å². The van der Waals surface area contributed by atoms with Gasteiger partial charge >= 0.3 is 0 Å². The Labute approximate surface area is 98.9 Å². The summed E-state index contributed by atoms with van der Waals surface area (Å²) in [5.41, 5.74) is 3.36. The normalized spacial score (nSPS) is 12.1. The van der Waals surface area contributed by atoms with Gasteiger partial charge in [-0.1, -0.05) is 45.4 Å². The molecular weight excluding hydrogens is 194 g/mol. The molecule has 0 saturated carbocycles. The van der Waals surface area contributed by atoms with Crippen molar-refractivity contribution in [1.82, 2.24) is 0 Å². The Bertz CT molecular complexity index is 366. The highest BCUT2D eigenvalue weighted by molar-refractivity contribution is 5.65. The summed E-state index contributed by atoms with van der Waals surface area (Å²) in [7, 11) is 0. The number of benzene rings is 1. The average molecular weight is 215 g/mol. The van der Waals surface area contributed by atoms with Crippen molar-refractivity contribution in [1.29, 1.82) is 0 Å². The largest absolute Gasteiger partial charge is 0.264 e. The summed E-state index contributed by atoms with van der Waals surface area (Å²) in [4.78, 5) is 3.98. The molecule has 1 nitrogen and oxygen atoms in total. The topological polar surface area (TPSA) is 12.4 Å². The summed E-state index contributed by atoms with van der Waals surface area (Å²) >= 11 is 0. The van der Waals surface area contributed by atoms with Crippen LogP contribution in [0.4, 0.5) is 5.69 Å². The fraction of sp³-hybridized carbons (Fsp3) is 0.400. The first kappa shape index (κ1) is 12.7. The van der Waals surface area contributed by atoms with Gasteiger partial charge in [-0.25, -0.2) is 0 Å². The molecule has 0 aliphatic rings. The van der Waals surface area contributed by atoms with Gasteiger partial charge in [0.25, 0.3) is 0 Å². The number of aliphatic imine (C=N–C) groups is 1. The minimum atomic E-state index is 0.741. The Morgan fingerprint density at radius 3 is 2.75 bits per heavy atom. The van der Waals surface area contributed by atoms with Gasteiger partial charge in [-0.3, -0.25) is 4.99 Å². The first-order chi connectivity index (χ1) is 7.71. The lowest BCUT2D eigenvalue weighted by molar-refractivity contribution is 0.522. The second kappa shape index (κ2) is 6.26. The molecule has 0 bridgehead atoms. The van der Waals surface area contributed by atoms with Crippen LogP contribution in [0.25, 0.3) is 6.08 Å². The zero-order valence-corrected chi connectivity index (χ0v) is 10.4.